The van der Waals surface area contributed by atoms with Gasteiger partial charge in [0.05, 0.1) is 17.9 Å². The van der Waals surface area contributed by atoms with Gasteiger partial charge in [-0.05, 0) is 43.3 Å². The predicted molar refractivity (Wildman–Crippen MR) is 133 cm³/mol. The van der Waals surface area contributed by atoms with Crippen molar-refractivity contribution in [2.75, 3.05) is 6.61 Å². The summed E-state index contributed by atoms with van der Waals surface area (Å²) in [5.74, 6) is -0.596. The van der Waals surface area contributed by atoms with E-state index in [0.717, 1.165) is 16.8 Å². The van der Waals surface area contributed by atoms with Gasteiger partial charge in [-0.3, -0.25) is 0 Å². The average molecular weight is 480 g/mol. The van der Waals surface area contributed by atoms with Crippen LogP contribution in [0.15, 0.2) is 102 Å². The molecule has 0 spiro atoms. The monoisotopic (exact) mass is 479 g/mol. The van der Waals surface area contributed by atoms with Crippen LogP contribution in [0.25, 0.3) is 23.0 Å². The summed E-state index contributed by atoms with van der Waals surface area (Å²) >= 11 is 0. The highest BCUT2D eigenvalue weighted by Crippen LogP contribution is 2.27. The van der Waals surface area contributed by atoms with Gasteiger partial charge < -0.3 is 9.47 Å². The van der Waals surface area contributed by atoms with Crippen molar-refractivity contribution in [3.05, 3.63) is 108 Å². The number of carbonyl (C=O) groups is 2. The summed E-state index contributed by atoms with van der Waals surface area (Å²) in [6.07, 6.45) is 7.12. The van der Waals surface area contributed by atoms with Crippen LogP contribution in [0.1, 0.15) is 18.1 Å². The van der Waals surface area contributed by atoms with E-state index in [1.165, 1.54) is 0 Å². The number of para-hydroxylation sites is 1. The standard InChI is InChI=1S/C28H23N4O4/c1-2-35-25(33)19-31-15-9-12-21(17-31)26-22(18-32(30-26)23-13-7-4-8-14-23)16-24-28(34)36-27(29-24)20-10-5-3-6-11-20/h3-18H,2,19H2,1H3/q+1/b24-16+. The van der Waals surface area contributed by atoms with Gasteiger partial charge in [-0.15, -0.1) is 0 Å². The number of aromatic nitrogens is 3. The molecule has 8 nitrogen and oxygen atoms in total. The number of carbonyl (C=O) groups excluding carboxylic acids is 2. The predicted octanol–water partition coefficient (Wildman–Crippen LogP) is 3.73. The van der Waals surface area contributed by atoms with Crippen LogP contribution in [0, 0.1) is 0 Å². The van der Waals surface area contributed by atoms with Crippen molar-refractivity contribution in [2.45, 2.75) is 13.5 Å². The second kappa shape index (κ2) is 10.2. The summed E-state index contributed by atoms with van der Waals surface area (Å²) in [7, 11) is 0. The Kier molecular flexibility index (Phi) is 6.48. The molecule has 0 fully saturated rings. The Labute approximate surface area is 207 Å². The quantitative estimate of drug-likeness (QED) is 0.229. The highest BCUT2D eigenvalue weighted by Gasteiger charge is 2.25. The minimum absolute atomic E-state index is 0.0779. The molecule has 0 saturated heterocycles. The first kappa shape index (κ1) is 22.9. The van der Waals surface area contributed by atoms with E-state index in [1.54, 1.807) is 28.4 Å². The molecule has 0 saturated carbocycles. The third kappa shape index (κ3) is 4.97. The Morgan fingerprint density at radius 2 is 1.75 bits per heavy atom. The SMILES string of the molecule is CCOC(=O)C[n+]1cccc(-c2nn(-c3ccccc3)cc2/C=C2/N=C(c3ccccc3)OC2=O)c1. The van der Waals surface area contributed by atoms with Gasteiger partial charge in [0.25, 0.3) is 0 Å². The van der Waals surface area contributed by atoms with E-state index in [0.29, 0.717) is 17.9 Å². The molecule has 0 radical (unpaired) electrons. The van der Waals surface area contributed by atoms with E-state index in [4.69, 9.17) is 14.6 Å². The molecule has 0 amide bonds. The normalized spacial score (nSPS) is 14.0. The minimum atomic E-state index is -0.530. The van der Waals surface area contributed by atoms with E-state index >= 15 is 0 Å². The van der Waals surface area contributed by atoms with E-state index in [9.17, 15) is 9.59 Å². The van der Waals surface area contributed by atoms with Crippen LogP contribution in [-0.2, 0) is 25.6 Å². The lowest BCUT2D eigenvalue weighted by molar-refractivity contribution is -0.685. The summed E-state index contributed by atoms with van der Waals surface area (Å²) in [4.78, 5) is 29.1. The average Bonchev–Trinajstić information content (AvgIpc) is 3.49. The third-order valence-corrected chi connectivity index (χ3v) is 5.45. The Morgan fingerprint density at radius 3 is 2.50 bits per heavy atom. The maximum Gasteiger partial charge on any atom is 0.372 e. The second-order valence-corrected chi connectivity index (χ2v) is 7.99. The Bertz CT molecular complexity index is 1470. The van der Waals surface area contributed by atoms with Crippen LogP contribution in [0.3, 0.4) is 0 Å². The summed E-state index contributed by atoms with van der Waals surface area (Å²) in [6.45, 7) is 2.17. The zero-order valence-corrected chi connectivity index (χ0v) is 19.6. The van der Waals surface area contributed by atoms with Crippen LogP contribution in [-0.4, -0.2) is 34.2 Å². The van der Waals surface area contributed by atoms with Gasteiger partial charge in [-0.2, -0.15) is 9.67 Å². The topological polar surface area (TPSA) is 86.7 Å². The summed E-state index contributed by atoms with van der Waals surface area (Å²) < 4.78 is 14.0. The van der Waals surface area contributed by atoms with Crippen molar-refractivity contribution in [1.29, 1.82) is 0 Å². The number of hydrogen-bond donors (Lipinski definition) is 0. The van der Waals surface area contributed by atoms with Crippen molar-refractivity contribution in [3.8, 4) is 16.9 Å². The fraction of sp³-hybridized carbons (Fsp3) is 0.107. The molecule has 2 aromatic carbocycles. The highest BCUT2D eigenvalue weighted by molar-refractivity contribution is 6.13. The number of benzene rings is 2. The van der Waals surface area contributed by atoms with Crippen LogP contribution in [0.2, 0.25) is 0 Å². The number of aliphatic imine (C=N–C) groups is 1. The number of ether oxygens (including phenoxy) is 2. The number of nitrogens with zero attached hydrogens (tertiary/aromatic N) is 4. The molecule has 4 aromatic rings. The molecule has 1 aliphatic rings. The van der Waals surface area contributed by atoms with E-state index in [-0.39, 0.29) is 24.1 Å². The van der Waals surface area contributed by atoms with E-state index in [1.807, 2.05) is 85.2 Å². The lowest BCUT2D eigenvalue weighted by Gasteiger charge is -2.01. The molecule has 0 N–H and O–H groups in total. The number of cyclic esters (lactones) is 1. The first-order valence-electron chi connectivity index (χ1n) is 11.5. The molecule has 0 bridgehead atoms. The smallest absolute Gasteiger partial charge is 0.372 e. The fourth-order valence-corrected chi connectivity index (χ4v) is 3.81. The van der Waals surface area contributed by atoms with Gasteiger partial charge in [0.1, 0.15) is 5.69 Å². The van der Waals surface area contributed by atoms with Crippen molar-refractivity contribution in [1.82, 2.24) is 9.78 Å². The van der Waals surface area contributed by atoms with E-state index < -0.39 is 5.97 Å². The Balaban J connectivity index is 1.57. The maximum absolute atomic E-state index is 12.6. The lowest BCUT2D eigenvalue weighted by atomic mass is 10.1. The molecular formula is C28H23N4O4+. The van der Waals surface area contributed by atoms with Crippen molar-refractivity contribution in [3.63, 3.8) is 0 Å². The molecule has 0 unspecified atom stereocenters. The van der Waals surface area contributed by atoms with Gasteiger partial charge in [-0.25, -0.2) is 19.3 Å². The maximum atomic E-state index is 12.6. The zero-order chi connectivity index (χ0) is 24.9. The number of hydrogen-bond acceptors (Lipinski definition) is 6. The van der Waals surface area contributed by atoms with Crippen molar-refractivity contribution >= 4 is 23.9 Å². The van der Waals surface area contributed by atoms with Gasteiger partial charge in [0.2, 0.25) is 12.4 Å². The van der Waals surface area contributed by atoms with Crippen LogP contribution in [0.5, 0.6) is 0 Å². The second-order valence-electron chi connectivity index (χ2n) is 7.99. The summed E-state index contributed by atoms with van der Waals surface area (Å²) in [5, 5.41) is 4.79. The molecule has 2 aromatic heterocycles. The van der Waals surface area contributed by atoms with Gasteiger partial charge in [0.15, 0.2) is 18.1 Å². The molecule has 3 heterocycles. The first-order chi connectivity index (χ1) is 17.6. The highest BCUT2D eigenvalue weighted by atomic mass is 16.6. The van der Waals surface area contributed by atoms with Crippen LogP contribution >= 0.6 is 0 Å². The van der Waals surface area contributed by atoms with Gasteiger partial charge in [-0.1, -0.05) is 36.4 Å². The minimum Gasteiger partial charge on any atom is -0.461 e. The molecule has 0 atom stereocenters. The molecular weight excluding hydrogens is 456 g/mol. The lowest BCUT2D eigenvalue weighted by Crippen LogP contribution is -2.38. The first-order valence-corrected chi connectivity index (χ1v) is 11.5. The van der Waals surface area contributed by atoms with Crippen molar-refractivity contribution in [2.24, 2.45) is 4.99 Å². The largest absolute Gasteiger partial charge is 0.461 e. The van der Waals surface area contributed by atoms with Crippen molar-refractivity contribution < 1.29 is 23.6 Å². The Morgan fingerprint density at radius 1 is 1.03 bits per heavy atom. The van der Waals surface area contributed by atoms with E-state index in [2.05, 4.69) is 4.99 Å². The Hall–Kier alpha value is -4.85. The molecule has 1 aliphatic heterocycles. The molecule has 36 heavy (non-hydrogen) atoms. The number of rotatable bonds is 7. The molecule has 8 heteroatoms. The van der Waals surface area contributed by atoms with Crippen LogP contribution < -0.4 is 4.57 Å². The zero-order valence-electron chi connectivity index (χ0n) is 19.6. The summed E-state index contributed by atoms with van der Waals surface area (Å²) in [5.41, 5.74) is 3.83. The molecule has 5 rings (SSSR count). The number of esters is 2. The molecule has 0 aliphatic carbocycles. The van der Waals surface area contributed by atoms with Gasteiger partial charge >= 0.3 is 11.9 Å². The number of pyridine rings is 1. The fourth-order valence-electron chi connectivity index (χ4n) is 3.81. The summed E-state index contributed by atoms with van der Waals surface area (Å²) in [6, 6.07) is 22.7. The van der Waals surface area contributed by atoms with Gasteiger partial charge in [0, 0.05) is 23.4 Å². The van der Waals surface area contributed by atoms with Crippen LogP contribution in [0.4, 0.5) is 0 Å². The molecule has 178 valence electrons. The third-order valence-electron chi connectivity index (χ3n) is 5.45.